The molecule has 1 aliphatic rings. The number of aliphatic carboxylic acids is 1. The van der Waals surface area contributed by atoms with E-state index in [2.05, 4.69) is 0 Å². The number of unbranched alkanes of at least 4 members (excludes halogenated alkanes) is 8. The summed E-state index contributed by atoms with van der Waals surface area (Å²) in [7, 11) is 0. The van der Waals surface area contributed by atoms with Crippen molar-refractivity contribution in [2.75, 3.05) is 6.61 Å². The summed E-state index contributed by atoms with van der Waals surface area (Å²) in [5, 5.41) is 8.80. The molecule has 5 heteroatoms. The van der Waals surface area contributed by atoms with Crippen LogP contribution in [0.4, 0.5) is 0 Å². The van der Waals surface area contributed by atoms with Crippen molar-refractivity contribution in [3.63, 3.8) is 0 Å². The van der Waals surface area contributed by atoms with E-state index in [1.165, 1.54) is 70.6 Å². The zero-order chi connectivity index (χ0) is 17.7. The number of hydrogen-bond acceptors (Lipinski definition) is 2. The first-order valence-electron chi connectivity index (χ1n) is 9.75. The minimum absolute atomic E-state index is 0.326. The molecule has 0 spiro atoms. The molecule has 1 saturated carbocycles. The molecule has 0 aliphatic heterocycles. The highest BCUT2D eigenvalue weighted by Crippen LogP contribution is 2.28. The van der Waals surface area contributed by atoms with Crippen LogP contribution in [0, 0.1) is 0 Å². The monoisotopic (exact) mass is 380 g/mol. The van der Waals surface area contributed by atoms with Gasteiger partial charge in [-0.1, -0.05) is 87.4 Å². The summed E-state index contributed by atoms with van der Waals surface area (Å²) in [6.45, 7) is 0.937. The molecule has 0 aromatic heterocycles. The molecular weight excluding hydrogens is 347 g/mol. The van der Waals surface area contributed by atoms with Crippen molar-refractivity contribution in [3.05, 3.63) is 0 Å². The van der Waals surface area contributed by atoms with Gasteiger partial charge in [-0.15, -0.1) is 0 Å². The summed E-state index contributed by atoms with van der Waals surface area (Å²) in [4.78, 5) is 10.8. The molecule has 0 amide bonds. The maximum Gasteiger partial charge on any atom is 0.340 e. The Morgan fingerprint density at radius 1 is 0.875 bits per heavy atom. The van der Waals surface area contributed by atoms with Crippen LogP contribution in [-0.2, 0) is 9.53 Å². The minimum atomic E-state index is -1.61. The number of carbonyl (C=O) groups is 1. The zero-order valence-electron chi connectivity index (χ0n) is 14.9. The van der Waals surface area contributed by atoms with Gasteiger partial charge in [-0.25, -0.2) is 4.79 Å². The molecule has 0 aromatic rings. The summed E-state index contributed by atoms with van der Waals surface area (Å²) in [6.07, 6.45) is 17.9. The van der Waals surface area contributed by atoms with Gasteiger partial charge in [0.05, 0.1) is 6.10 Å². The maximum absolute atomic E-state index is 10.8. The topological polar surface area (TPSA) is 46.5 Å². The zero-order valence-corrected chi connectivity index (χ0v) is 16.4. The van der Waals surface area contributed by atoms with E-state index < -0.39 is 10.3 Å². The molecular formula is C19H34Cl2O3. The van der Waals surface area contributed by atoms with Gasteiger partial charge >= 0.3 is 5.97 Å². The molecule has 1 rings (SSSR count). The number of alkyl halides is 2. The summed E-state index contributed by atoms with van der Waals surface area (Å²) in [5.41, 5.74) is 0. The molecule has 0 heterocycles. The fraction of sp³-hybridized carbons (Fsp3) is 0.947. The highest BCUT2D eigenvalue weighted by Gasteiger charge is 2.32. The molecule has 0 saturated heterocycles. The molecule has 0 aromatic carbocycles. The third kappa shape index (κ3) is 10.8. The molecule has 3 nitrogen and oxygen atoms in total. The predicted molar refractivity (Wildman–Crippen MR) is 101 cm³/mol. The van der Waals surface area contributed by atoms with E-state index in [-0.39, 0.29) is 0 Å². The second kappa shape index (κ2) is 13.2. The standard InChI is InChI=1S/C19H34Cl2O3/c20-19(21,18(22)23)15-11-6-4-2-1-3-5-7-12-16-24-17-13-9-8-10-14-17/h17H,1-16H2,(H,22,23). The number of hydrogen-bond donors (Lipinski definition) is 1. The Labute approximate surface area is 157 Å². The van der Waals surface area contributed by atoms with Crippen LogP contribution < -0.4 is 0 Å². The Bertz CT molecular complexity index is 329. The van der Waals surface area contributed by atoms with E-state index in [4.69, 9.17) is 33.0 Å². The van der Waals surface area contributed by atoms with Gasteiger partial charge in [0.15, 0.2) is 0 Å². The van der Waals surface area contributed by atoms with Crippen LogP contribution in [0.5, 0.6) is 0 Å². The second-order valence-electron chi connectivity index (χ2n) is 7.07. The van der Waals surface area contributed by atoms with Crippen LogP contribution in [-0.4, -0.2) is 28.1 Å². The molecule has 142 valence electrons. The predicted octanol–water partition coefficient (Wildman–Crippen LogP) is 6.50. The Balaban J connectivity index is 1.78. The van der Waals surface area contributed by atoms with Crippen molar-refractivity contribution in [1.82, 2.24) is 0 Å². The molecule has 24 heavy (non-hydrogen) atoms. The van der Waals surface area contributed by atoms with E-state index in [9.17, 15) is 4.79 Å². The average Bonchev–Trinajstić information content (AvgIpc) is 2.56. The van der Waals surface area contributed by atoms with E-state index in [1.807, 2.05) is 0 Å². The van der Waals surface area contributed by atoms with Gasteiger partial charge in [-0.2, -0.15) is 0 Å². The largest absolute Gasteiger partial charge is 0.479 e. The van der Waals surface area contributed by atoms with Crippen molar-refractivity contribution in [3.8, 4) is 0 Å². The number of carboxylic acid groups (broad SMARTS) is 1. The Kier molecular flexibility index (Phi) is 12.2. The van der Waals surface area contributed by atoms with Crippen molar-refractivity contribution in [2.24, 2.45) is 0 Å². The fourth-order valence-electron chi connectivity index (χ4n) is 3.28. The molecule has 0 unspecified atom stereocenters. The lowest BCUT2D eigenvalue weighted by Crippen LogP contribution is -2.25. The molecule has 1 N–H and O–H groups in total. The number of halogens is 2. The third-order valence-electron chi connectivity index (χ3n) is 4.85. The highest BCUT2D eigenvalue weighted by atomic mass is 35.5. The molecule has 0 atom stereocenters. The van der Waals surface area contributed by atoms with Gasteiger partial charge < -0.3 is 9.84 Å². The number of rotatable bonds is 14. The molecule has 1 fully saturated rings. The summed E-state index contributed by atoms with van der Waals surface area (Å²) in [5.74, 6) is -1.14. The van der Waals surface area contributed by atoms with E-state index in [1.54, 1.807) is 0 Å². The van der Waals surface area contributed by atoms with Gasteiger partial charge in [0.1, 0.15) is 0 Å². The van der Waals surface area contributed by atoms with Gasteiger partial charge in [0, 0.05) is 6.61 Å². The second-order valence-corrected chi connectivity index (χ2v) is 8.56. The first kappa shape index (κ1) is 22.1. The lowest BCUT2D eigenvalue weighted by molar-refractivity contribution is -0.138. The molecule has 0 radical (unpaired) electrons. The van der Waals surface area contributed by atoms with Crippen molar-refractivity contribution >= 4 is 29.2 Å². The van der Waals surface area contributed by atoms with Crippen LogP contribution in [0.2, 0.25) is 0 Å². The van der Waals surface area contributed by atoms with Crippen LogP contribution in [0.25, 0.3) is 0 Å². The van der Waals surface area contributed by atoms with Crippen LogP contribution in [0.3, 0.4) is 0 Å². The quantitative estimate of drug-likeness (QED) is 0.276. The van der Waals surface area contributed by atoms with Crippen molar-refractivity contribution in [2.45, 2.75) is 107 Å². The van der Waals surface area contributed by atoms with Crippen molar-refractivity contribution < 1.29 is 14.6 Å². The first-order chi connectivity index (χ1) is 11.5. The normalized spacial score (nSPS) is 16.4. The van der Waals surface area contributed by atoms with E-state index >= 15 is 0 Å². The highest BCUT2D eigenvalue weighted by molar-refractivity contribution is 6.57. The fourth-order valence-corrected chi connectivity index (χ4v) is 3.54. The van der Waals surface area contributed by atoms with E-state index in [0.29, 0.717) is 12.5 Å². The minimum Gasteiger partial charge on any atom is -0.479 e. The summed E-state index contributed by atoms with van der Waals surface area (Å²) < 4.78 is 4.32. The lowest BCUT2D eigenvalue weighted by atomic mass is 9.98. The van der Waals surface area contributed by atoms with Crippen LogP contribution in [0.15, 0.2) is 0 Å². The number of ether oxygens (including phenoxy) is 1. The summed E-state index contributed by atoms with van der Waals surface area (Å²) in [6, 6.07) is 0. The third-order valence-corrected chi connectivity index (χ3v) is 5.56. The van der Waals surface area contributed by atoms with Gasteiger partial charge in [0.2, 0.25) is 4.33 Å². The van der Waals surface area contributed by atoms with Crippen molar-refractivity contribution in [1.29, 1.82) is 0 Å². The van der Waals surface area contributed by atoms with Gasteiger partial charge in [0.25, 0.3) is 0 Å². The molecule has 0 bridgehead atoms. The van der Waals surface area contributed by atoms with Gasteiger partial charge in [-0.3, -0.25) is 0 Å². The van der Waals surface area contributed by atoms with Gasteiger partial charge in [-0.05, 0) is 32.1 Å². The average molecular weight is 381 g/mol. The smallest absolute Gasteiger partial charge is 0.340 e. The van der Waals surface area contributed by atoms with E-state index in [0.717, 1.165) is 25.9 Å². The van der Waals surface area contributed by atoms with Crippen LogP contribution >= 0.6 is 23.2 Å². The Morgan fingerprint density at radius 2 is 1.38 bits per heavy atom. The first-order valence-corrected chi connectivity index (χ1v) is 10.5. The molecule has 1 aliphatic carbocycles. The number of carboxylic acids is 1. The Morgan fingerprint density at radius 3 is 1.92 bits per heavy atom. The maximum atomic E-state index is 10.8. The Hall–Kier alpha value is 0.01000. The lowest BCUT2D eigenvalue weighted by Gasteiger charge is -2.21. The SMILES string of the molecule is O=C(O)C(Cl)(Cl)CCCCCCCCCCCOC1CCCCC1. The van der Waals surface area contributed by atoms with Crippen LogP contribution in [0.1, 0.15) is 96.3 Å². The summed E-state index contributed by atoms with van der Waals surface area (Å²) >= 11 is 11.4.